The molecule has 5 nitrogen and oxygen atoms in total. The molecule has 19 heavy (non-hydrogen) atoms. The second-order valence-corrected chi connectivity index (χ2v) is 3.73. The molecule has 2 amide bonds. The Bertz CT molecular complexity index is 415. The minimum absolute atomic E-state index is 0.0888. The van der Waals surface area contributed by atoms with Gasteiger partial charge < -0.3 is 15.1 Å². The smallest absolute Gasteiger partial charge is 0.405 e. The summed E-state index contributed by atoms with van der Waals surface area (Å²) >= 11 is 0. The summed E-state index contributed by atoms with van der Waals surface area (Å²) < 4.78 is 40.2. The molecule has 0 unspecified atom stereocenters. The summed E-state index contributed by atoms with van der Waals surface area (Å²) in [4.78, 5) is 22.4. The lowest BCUT2D eigenvalue weighted by atomic mass is 10.3. The SMILES string of the molecule is O=C(CCCNC(=O)c1ccco1)NCC(F)(F)F. The van der Waals surface area contributed by atoms with E-state index in [1.54, 1.807) is 11.4 Å². The van der Waals surface area contributed by atoms with Gasteiger partial charge in [0.15, 0.2) is 5.76 Å². The first-order chi connectivity index (χ1) is 8.88. The van der Waals surface area contributed by atoms with Gasteiger partial charge in [-0.3, -0.25) is 9.59 Å². The number of amides is 2. The lowest BCUT2D eigenvalue weighted by Crippen LogP contribution is -2.34. The minimum Gasteiger partial charge on any atom is -0.459 e. The Morgan fingerprint density at radius 1 is 1.26 bits per heavy atom. The van der Waals surface area contributed by atoms with Gasteiger partial charge in [0.05, 0.1) is 6.26 Å². The lowest BCUT2D eigenvalue weighted by molar-refractivity contribution is -0.138. The predicted octanol–water partition coefficient (Wildman–Crippen LogP) is 1.47. The molecule has 0 aliphatic carbocycles. The highest BCUT2D eigenvalue weighted by molar-refractivity contribution is 5.91. The van der Waals surface area contributed by atoms with E-state index in [0.29, 0.717) is 0 Å². The first-order valence-corrected chi connectivity index (χ1v) is 5.53. The first kappa shape index (κ1) is 15.1. The van der Waals surface area contributed by atoms with Crippen LogP contribution < -0.4 is 10.6 Å². The number of carbonyl (C=O) groups excluding carboxylic acids is 2. The van der Waals surface area contributed by atoms with Crippen molar-refractivity contribution in [1.29, 1.82) is 0 Å². The molecule has 1 aromatic heterocycles. The van der Waals surface area contributed by atoms with E-state index in [4.69, 9.17) is 4.42 Å². The van der Waals surface area contributed by atoms with Gasteiger partial charge in [-0.2, -0.15) is 13.2 Å². The third kappa shape index (κ3) is 6.49. The number of hydrogen-bond donors (Lipinski definition) is 2. The van der Waals surface area contributed by atoms with E-state index in [1.165, 1.54) is 12.3 Å². The average Bonchev–Trinajstić information content (AvgIpc) is 2.84. The fourth-order valence-electron chi connectivity index (χ4n) is 1.23. The molecule has 2 N–H and O–H groups in total. The fourth-order valence-corrected chi connectivity index (χ4v) is 1.23. The highest BCUT2D eigenvalue weighted by Gasteiger charge is 2.27. The molecule has 0 bridgehead atoms. The molecule has 1 heterocycles. The summed E-state index contributed by atoms with van der Waals surface area (Å²) in [5, 5.41) is 4.22. The Kier molecular flexibility index (Phi) is 5.40. The van der Waals surface area contributed by atoms with Crippen molar-refractivity contribution in [1.82, 2.24) is 10.6 Å². The lowest BCUT2D eigenvalue weighted by Gasteiger charge is -2.08. The maximum Gasteiger partial charge on any atom is 0.405 e. The van der Waals surface area contributed by atoms with Crippen molar-refractivity contribution < 1.29 is 27.2 Å². The molecule has 0 fully saturated rings. The van der Waals surface area contributed by atoms with E-state index in [9.17, 15) is 22.8 Å². The Labute approximate surface area is 107 Å². The summed E-state index contributed by atoms with van der Waals surface area (Å²) in [6.45, 7) is -1.16. The molecule has 0 saturated heterocycles. The van der Waals surface area contributed by atoms with Crippen molar-refractivity contribution in [2.45, 2.75) is 19.0 Å². The molecule has 0 saturated carbocycles. The van der Waals surface area contributed by atoms with Crippen LogP contribution in [0.1, 0.15) is 23.4 Å². The Morgan fingerprint density at radius 3 is 2.58 bits per heavy atom. The van der Waals surface area contributed by atoms with E-state index >= 15 is 0 Å². The van der Waals surface area contributed by atoms with Gasteiger partial charge in [0.2, 0.25) is 5.91 Å². The zero-order valence-electron chi connectivity index (χ0n) is 9.92. The van der Waals surface area contributed by atoms with Crippen LogP contribution in [0, 0.1) is 0 Å². The summed E-state index contributed by atoms with van der Waals surface area (Å²) in [7, 11) is 0. The van der Waals surface area contributed by atoms with E-state index in [0.717, 1.165) is 0 Å². The van der Waals surface area contributed by atoms with Crippen molar-refractivity contribution in [2.24, 2.45) is 0 Å². The molecule has 0 aliphatic rings. The number of furan rings is 1. The molecule has 1 aromatic rings. The van der Waals surface area contributed by atoms with Gasteiger partial charge in [0.1, 0.15) is 6.54 Å². The minimum atomic E-state index is -4.41. The number of hydrogen-bond acceptors (Lipinski definition) is 3. The van der Waals surface area contributed by atoms with Crippen LogP contribution in [0.2, 0.25) is 0 Å². The second-order valence-electron chi connectivity index (χ2n) is 3.73. The van der Waals surface area contributed by atoms with E-state index < -0.39 is 24.5 Å². The first-order valence-electron chi connectivity index (χ1n) is 5.53. The predicted molar refractivity (Wildman–Crippen MR) is 59.3 cm³/mol. The van der Waals surface area contributed by atoms with Gasteiger partial charge in [-0.05, 0) is 18.6 Å². The number of alkyl halides is 3. The van der Waals surface area contributed by atoms with Crippen molar-refractivity contribution >= 4 is 11.8 Å². The van der Waals surface area contributed by atoms with Gasteiger partial charge in [-0.1, -0.05) is 0 Å². The normalized spacial score (nSPS) is 11.1. The number of nitrogens with one attached hydrogen (secondary N) is 2. The maximum absolute atomic E-state index is 11.8. The molecule has 0 radical (unpaired) electrons. The Morgan fingerprint density at radius 2 is 2.00 bits per heavy atom. The maximum atomic E-state index is 11.8. The standard InChI is InChI=1S/C11H13F3N2O3/c12-11(13,14)7-16-9(17)4-1-5-15-10(18)8-3-2-6-19-8/h2-3,6H,1,4-5,7H2,(H,15,18)(H,16,17). The zero-order chi connectivity index (χ0) is 14.3. The van der Waals surface area contributed by atoms with Crippen LogP contribution in [0.4, 0.5) is 13.2 Å². The molecule has 0 aromatic carbocycles. The Hall–Kier alpha value is -1.99. The molecule has 1 rings (SSSR count). The van der Waals surface area contributed by atoms with Crippen LogP contribution in [-0.4, -0.2) is 31.1 Å². The number of carbonyl (C=O) groups is 2. The van der Waals surface area contributed by atoms with Crippen LogP contribution in [0.25, 0.3) is 0 Å². The largest absolute Gasteiger partial charge is 0.459 e. The fraction of sp³-hybridized carbons (Fsp3) is 0.455. The zero-order valence-corrected chi connectivity index (χ0v) is 9.92. The van der Waals surface area contributed by atoms with Gasteiger partial charge in [-0.25, -0.2) is 0 Å². The second kappa shape index (κ2) is 6.81. The van der Waals surface area contributed by atoms with E-state index in [1.807, 2.05) is 0 Å². The third-order valence-corrected chi connectivity index (χ3v) is 2.10. The van der Waals surface area contributed by atoms with Crippen LogP contribution in [0.5, 0.6) is 0 Å². The average molecular weight is 278 g/mol. The highest BCUT2D eigenvalue weighted by Crippen LogP contribution is 2.12. The summed E-state index contributed by atoms with van der Waals surface area (Å²) in [6, 6.07) is 3.03. The van der Waals surface area contributed by atoms with Crippen LogP contribution >= 0.6 is 0 Å². The molecular formula is C11H13F3N2O3. The molecule has 106 valence electrons. The monoisotopic (exact) mass is 278 g/mol. The topological polar surface area (TPSA) is 71.3 Å². The number of rotatable bonds is 6. The summed E-state index contributed by atoms with van der Waals surface area (Å²) in [5.74, 6) is -0.994. The molecule has 0 atom stereocenters. The number of halogens is 3. The van der Waals surface area contributed by atoms with Gasteiger partial charge in [0.25, 0.3) is 5.91 Å². The third-order valence-electron chi connectivity index (χ3n) is 2.10. The van der Waals surface area contributed by atoms with Crippen LogP contribution in [0.3, 0.4) is 0 Å². The van der Waals surface area contributed by atoms with Crippen molar-refractivity contribution in [2.75, 3.05) is 13.1 Å². The molecule has 0 spiro atoms. The molecule has 0 aliphatic heterocycles. The van der Waals surface area contributed by atoms with Crippen molar-refractivity contribution in [3.05, 3.63) is 24.2 Å². The van der Waals surface area contributed by atoms with Crippen LogP contribution in [0.15, 0.2) is 22.8 Å². The van der Waals surface area contributed by atoms with Gasteiger partial charge in [0, 0.05) is 13.0 Å². The van der Waals surface area contributed by atoms with Crippen molar-refractivity contribution in [3.63, 3.8) is 0 Å². The van der Waals surface area contributed by atoms with Gasteiger partial charge >= 0.3 is 6.18 Å². The van der Waals surface area contributed by atoms with E-state index in [2.05, 4.69) is 5.32 Å². The summed E-state index contributed by atoms with van der Waals surface area (Å²) in [5.41, 5.74) is 0. The van der Waals surface area contributed by atoms with Crippen LogP contribution in [-0.2, 0) is 4.79 Å². The molecular weight excluding hydrogens is 265 g/mol. The van der Waals surface area contributed by atoms with Gasteiger partial charge in [-0.15, -0.1) is 0 Å². The van der Waals surface area contributed by atoms with E-state index in [-0.39, 0.29) is 25.1 Å². The quantitative estimate of drug-likeness (QED) is 0.774. The highest BCUT2D eigenvalue weighted by atomic mass is 19.4. The van der Waals surface area contributed by atoms with Crippen molar-refractivity contribution in [3.8, 4) is 0 Å². The summed E-state index contributed by atoms with van der Waals surface area (Å²) in [6.07, 6.45) is -2.91. The molecule has 8 heteroatoms. The Balaban J connectivity index is 2.11.